The Morgan fingerprint density at radius 3 is 2.44 bits per heavy atom. The topological polar surface area (TPSA) is 29.1 Å². The minimum absolute atomic E-state index is 0.197. The lowest BCUT2D eigenvalue weighted by Gasteiger charge is -2.14. The van der Waals surface area contributed by atoms with E-state index in [9.17, 15) is 18.0 Å². The van der Waals surface area contributed by atoms with Crippen LogP contribution in [0.2, 0.25) is 0 Å². The van der Waals surface area contributed by atoms with Gasteiger partial charge in [-0.1, -0.05) is 13.0 Å². The Morgan fingerprint density at radius 1 is 1.38 bits per heavy atom. The maximum absolute atomic E-state index is 12.7. The van der Waals surface area contributed by atoms with Gasteiger partial charge in [0.1, 0.15) is 0 Å². The van der Waals surface area contributed by atoms with Crippen molar-refractivity contribution in [2.75, 3.05) is 5.32 Å². The van der Waals surface area contributed by atoms with Crippen molar-refractivity contribution in [1.82, 2.24) is 0 Å². The van der Waals surface area contributed by atoms with Crippen LogP contribution in [0.1, 0.15) is 25.0 Å². The molecule has 0 spiro atoms. The Hall–Kier alpha value is -1.52. The first-order valence-electron chi connectivity index (χ1n) is 4.82. The summed E-state index contributed by atoms with van der Waals surface area (Å²) in [5.74, 6) is -0.519. The molecule has 1 rings (SSSR count). The second kappa shape index (κ2) is 4.55. The molecular weight excluding hydrogens is 219 g/mol. The maximum Gasteiger partial charge on any atom is 0.418 e. The average Bonchev–Trinajstić information content (AvgIpc) is 2.15. The summed E-state index contributed by atoms with van der Waals surface area (Å²) in [5, 5.41) is 2.17. The number of alkyl halides is 3. The van der Waals surface area contributed by atoms with Crippen molar-refractivity contribution >= 4 is 11.6 Å². The summed E-state index contributed by atoms with van der Waals surface area (Å²) in [5.41, 5.74) is -0.416. The Labute approximate surface area is 91.5 Å². The molecule has 0 aromatic heterocycles. The number of benzene rings is 1. The first-order chi connectivity index (χ1) is 7.34. The van der Waals surface area contributed by atoms with E-state index in [-0.39, 0.29) is 5.69 Å². The number of carbonyl (C=O) groups is 1. The van der Waals surface area contributed by atoms with Gasteiger partial charge in [0.05, 0.1) is 11.3 Å². The van der Waals surface area contributed by atoms with Crippen LogP contribution in [0.3, 0.4) is 0 Å². The molecule has 1 N–H and O–H groups in total. The number of rotatable bonds is 2. The Balaban J connectivity index is 3.22. The zero-order chi connectivity index (χ0) is 12.3. The minimum Gasteiger partial charge on any atom is -0.326 e. The van der Waals surface area contributed by atoms with Crippen molar-refractivity contribution < 1.29 is 18.0 Å². The van der Waals surface area contributed by atoms with Crippen LogP contribution in [0.4, 0.5) is 18.9 Å². The summed E-state index contributed by atoms with van der Waals surface area (Å²) in [7, 11) is 0. The summed E-state index contributed by atoms with van der Waals surface area (Å²) in [4.78, 5) is 10.8. The predicted octanol–water partition coefficient (Wildman–Crippen LogP) is 3.23. The van der Waals surface area contributed by atoms with Gasteiger partial charge in [-0.05, 0) is 24.1 Å². The zero-order valence-corrected chi connectivity index (χ0v) is 8.98. The molecule has 0 fully saturated rings. The average molecular weight is 231 g/mol. The Bertz CT molecular complexity index is 399. The second-order valence-corrected chi connectivity index (χ2v) is 3.41. The van der Waals surface area contributed by atoms with Crippen LogP contribution in [0.15, 0.2) is 18.2 Å². The SMILES string of the molecule is CCc1ccc(NC(C)=O)c(C(F)(F)F)c1. The fourth-order valence-corrected chi connectivity index (χ4v) is 1.34. The lowest BCUT2D eigenvalue weighted by atomic mass is 10.1. The van der Waals surface area contributed by atoms with Crippen LogP contribution in [-0.2, 0) is 17.4 Å². The van der Waals surface area contributed by atoms with Gasteiger partial charge in [0, 0.05) is 6.92 Å². The Morgan fingerprint density at radius 2 is 2.00 bits per heavy atom. The normalized spacial score (nSPS) is 11.3. The highest BCUT2D eigenvalue weighted by atomic mass is 19.4. The fraction of sp³-hybridized carbons (Fsp3) is 0.364. The monoisotopic (exact) mass is 231 g/mol. The van der Waals surface area contributed by atoms with E-state index < -0.39 is 17.6 Å². The van der Waals surface area contributed by atoms with E-state index in [1.807, 2.05) is 0 Å². The summed E-state index contributed by atoms with van der Waals surface area (Å²) in [6.07, 6.45) is -3.94. The molecule has 1 aromatic rings. The molecule has 88 valence electrons. The van der Waals surface area contributed by atoms with E-state index in [1.165, 1.54) is 13.0 Å². The number of halogens is 3. The summed E-state index contributed by atoms with van der Waals surface area (Å²) in [6.45, 7) is 2.95. The summed E-state index contributed by atoms with van der Waals surface area (Å²) < 4.78 is 38.0. The van der Waals surface area contributed by atoms with E-state index in [2.05, 4.69) is 5.32 Å². The molecule has 16 heavy (non-hydrogen) atoms. The lowest BCUT2D eigenvalue weighted by Crippen LogP contribution is -2.14. The first-order valence-corrected chi connectivity index (χ1v) is 4.82. The van der Waals surface area contributed by atoms with Gasteiger partial charge in [-0.2, -0.15) is 13.2 Å². The van der Waals surface area contributed by atoms with Crippen molar-refractivity contribution in [3.8, 4) is 0 Å². The maximum atomic E-state index is 12.7. The molecule has 0 aliphatic heterocycles. The molecule has 5 heteroatoms. The van der Waals surface area contributed by atoms with E-state index in [0.29, 0.717) is 12.0 Å². The molecule has 1 aromatic carbocycles. The molecule has 0 bridgehead atoms. The van der Waals surface area contributed by atoms with Gasteiger partial charge in [-0.3, -0.25) is 4.79 Å². The van der Waals surface area contributed by atoms with Gasteiger partial charge < -0.3 is 5.32 Å². The van der Waals surface area contributed by atoms with Gasteiger partial charge in [-0.25, -0.2) is 0 Å². The number of amides is 1. The van der Waals surface area contributed by atoms with Gasteiger partial charge in [0.2, 0.25) is 5.91 Å². The fourth-order valence-electron chi connectivity index (χ4n) is 1.34. The third-order valence-electron chi connectivity index (χ3n) is 2.11. The standard InChI is InChI=1S/C11H12F3NO/c1-3-8-4-5-10(15-7(2)16)9(6-8)11(12,13)14/h4-6H,3H2,1-2H3,(H,15,16). The van der Waals surface area contributed by atoms with Gasteiger partial charge in [0.15, 0.2) is 0 Å². The molecule has 0 unspecified atom stereocenters. The number of hydrogen-bond acceptors (Lipinski definition) is 1. The van der Waals surface area contributed by atoms with Crippen molar-refractivity contribution in [2.24, 2.45) is 0 Å². The number of nitrogens with one attached hydrogen (secondary N) is 1. The highest BCUT2D eigenvalue weighted by Crippen LogP contribution is 2.35. The molecule has 0 aliphatic carbocycles. The van der Waals surface area contributed by atoms with Crippen LogP contribution < -0.4 is 5.32 Å². The molecule has 0 aliphatic rings. The van der Waals surface area contributed by atoms with Crippen molar-refractivity contribution in [3.05, 3.63) is 29.3 Å². The van der Waals surface area contributed by atoms with Gasteiger partial charge >= 0.3 is 6.18 Å². The van der Waals surface area contributed by atoms with Gasteiger partial charge in [-0.15, -0.1) is 0 Å². The molecule has 0 heterocycles. The van der Waals surface area contributed by atoms with Crippen LogP contribution in [0.25, 0.3) is 0 Å². The molecule has 0 radical (unpaired) electrons. The van der Waals surface area contributed by atoms with Crippen LogP contribution in [0.5, 0.6) is 0 Å². The lowest BCUT2D eigenvalue weighted by molar-refractivity contribution is -0.137. The number of anilines is 1. The van der Waals surface area contributed by atoms with E-state index in [1.54, 1.807) is 13.0 Å². The number of carbonyl (C=O) groups excluding carboxylic acids is 1. The molecule has 2 nitrogen and oxygen atoms in total. The van der Waals surface area contributed by atoms with Crippen LogP contribution in [0, 0.1) is 0 Å². The highest BCUT2D eigenvalue weighted by molar-refractivity contribution is 5.89. The number of hydrogen-bond donors (Lipinski definition) is 1. The van der Waals surface area contributed by atoms with Gasteiger partial charge in [0.25, 0.3) is 0 Å². The number of aryl methyl sites for hydroxylation is 1. The zero-order valence-electron chi connectivity index (χ0n) is 8.98. The second-order valence-electron chi connectivity index (χ2n) is 3.41. The van der Waals surface area contributed by atoms with E-state index >= 15 is 0 Å². The van der Waals surface area contributed by atoms with Crippen molar-refractivity contribution in [2.45, 2.75) is 26.4 Å². The third kappa shape index (κ3) is 2.98. The van der Waals surface area contributed by atoms with E-state index in [4.69, 9.17) is 0 Å². The largest absolute Gasteiger partial charge is 0.418 e. The summed E-state index contributed by atoms with van der Waals surface area (Å²) in [6, 6.07) is 3.91. The quantitative estimate of drug-likeness (QED) is 0.831. The minimum atomic E-state index is -4.46. The van der Waals surface area contributed by atoms with Crippen molar-refractivity contribution in [1.29, 1.82) is 0 Å². The molecule has 0 saturated heterocycles. The molecular formula is C11H12F3NO. The molecule has 1 amide bonds. The molecule has 0 atom stereocenters. The Kier molecular flexibility index (Phi) is 3.57. The van der Waals surface area contributed by atoms with Crippen molar-refractivity contribution in [3.63, 3.8) is 0 Å². The summed E-state index contributed by atoms with van der Waals surface area (Å²) >= 11 is 0. The predicted molar refractivity (Wildman–Crippen MR) is 55.1 cm³/mol. The smallest absolute Gasteiger partial charge is 0.326 e. The van der Waals surface area contributed by atoms with Crippen LogP contribution in [-0.4, -0.2) is 5.91 Å². The third-order valence-corrected chi connectivity index (χ3v) is 2.11. The van der Waals surface area contributed by atoms with E-state index in [0.717, 1.165) is 6.07 Å². The van der Waals surface area contributed by atoms with Crippen LogP contribution >= 0.6 is 0 Å². The highest BCUT2D eigenvalue weighted by Gasteiger charge is 2.33. The molecule has 0 saturated carbocycles. The first kappa shape index (κ1) is 12.5.